The van der Waals surface area contributed by atoms with Gasteiger partial charge in [-0.1, -0.05) is 31.5 Å². The molecule has 0 amide bonds. The third-order valence-electron chi connectivity index (χ3n) is 4.78. The zero-order valence-electron chi connectivity index (χ0n) is 16.3. The van der Waals surface area contributed by atoms with Crippen LogP contribution in [0.3, 0.4) is 0 Å². The van der Waals surface area contributed by atoms with Crippen LogP contribution in [0.4, 0.5) is 5.82 Å². The maximum Gasteiger partial charge on any atom is 0.344 e. The maximum atomic E-state index is 12.8. The predicted octanol–water partition coefficient (Wildman–Crippen LogP) is 3.81. The van der Waals surface area contributed by atoms with Crippen molar-refractivity contribution in [3.8, 4) is 5.69 Å². The predicted molar refractivity (Wildman–Crippen MR) is 113 cm³/mol. The minimum atomic E-state index is -1.07. The fraction of sp³-hybridized carbons (Fsp3) is 0.182. The van der Waals surface area contributed by atoms with Crippen molar-refractivity contribution in [1.29, 1.82) is 0 Å². The van der Waals surface area contributed by atoms with Gasteiger partial charge in [-0.15, -0.1) is 0 Å². The lowest BCUT2D eigenvalue weighted by atomic mass is 10.2. The third kappa shape index (κ3) is 3.32. The second-order valence-electron chi connectivity index (χ2n) is 6.83. The summed E-state index contributed by atoms with van der Waals surface area (Å²) in [5, 5.41) is 9.35. The molecule has 30 heavy (non-hydrogen) atoms. The van der Waals surface area contributed by atoms with Crippen LogP contribution in [-0.2, 0) is 4.74 Å². The number of carbonyl (C=O) groups excluding carboxylic acids is 1. The van der Waals surface area contributed by atoms with E-state index in [-0.39, 0.29) is 23.6 Å². The van der Waals surface area contributed by atoms with Crippen LogP contribution in [0.2, 0.25) is 0 Å². The molecule has 0 unspecified atom stereocenters. The average molecular weight is 404 g/mol. The number of carboxylic acids is 1. The monoisotopic (exact) mass is 404 g/mol. The molecule has 0 spiro atoms. The number of nitrogens with two attached hydrogens (primary N) is 1. The summed E-state index contributed by atoms with van der Waals surface area (Å²) in [5.74, 6) is -1.55. The fourth-order valence-corrected chi connectivity index (χ4v) is 3.28. The van der Waals surface area contributed by atoms with Gasteiger partial charge in [0.05, 0.1) is 23.2 Å². The lowest BCUT2D eigenvalue weighted by molar-refractivity contribution is 0.0502. The summed E-state index contributed by atoms with van der Waals surface area (Å²) >= 11 is 0. The highest BCUT2D eigenvalue weighted by Gasteiger charge is 2.26. The van der Waals surface area contributed by atoms with Gasteiger partial charge in [-0.25, -0.2) is 19.6 Å². The van der Waals surface area contributed by atoms with Crippen LogP contribution in [0.15, 0.2) is 48.5 Å². The topological polar surface area (TPSA) is 120 Å². The average Bonchev–Trinajstić information content (AvgIpc) is 3.03. The number of carboxylic acid groups (broad SMARTS) is 1. The van der Waals surface area contributed by atoms with Crippen LogP contribution >= 0.6 is 0 Å². The fourth-order valence-electron chi connectivity index (χ4n) is 3.28. The molecule has 0 radical (unpaired) electrons. The first-order valence-electron chi connectivity index (χ1n) is 9.58. The van der Waals surface area contributed by atoms with Crippen LogP contribution in [0.5, 0.6) is 0 Å². The quantitative estimate of drug-likeness (QED) is 0.370. The first-order chi connectivity index (χ1) is 14.5. The maximum absolute atomic E-state index is 12.8. The molecule has 4 aromatic rings. The van der Waals surface area contributed by atoms with Gasteiger partial charge in [-0.2, -0.15) is 0 Å². The first kappa shape index (κ1) is 19.4. The summed E-state index contributed by atoms with van der Waals surface area (Å²) in [6.07, 6.45) is 1.62. The Bertz CT molecular complexity index is 1280. The number of aromatic carboxylic acids is 1. The van der Waals surface area contributed by atoms with Crippen molar-refractivity contribution >= 4 is 40.0 Å². The summed E-state index contributed by atoms with van der Waals surface area (Å²) in [7, 11) is 0. The Labute approximate surface area is 171 Å². The number of hydrogen-bond donors (Lipinski definition) is 2. The highest BCUT2D eigenvalue weighted by molar-refractivity contribution is 6.09. The molecule has 0 aliphatic rings. The lowest BCUT2D eigenvalue weighted by Gasteiger charge is -2.09. The van der Waals surface area contributed by atoms with E-state index in [0.29, 0.717) is 27.9 Å². The number of carbonyl (C=O) groups is 2. The highest BCUT2D eigenvalue weighted by Crippen LogP contribution is 2.31. The number of hydrogen-bond acceptors (Lipinski definition) is 6. The van der Waals surface area contributed by atoms with Crippen molar-refractivity contribution in [1.82, 2.24) is 14.5 Å². The molecule has 0 aliphatic carbocycles. The number of rotatable bonds is 6. The van der Waals surface area contributed by atoms with Crippen LogP contribution in [-0.4, -0.2) is 38.2 Å². The van der Waals surface area contributed by atoms with Crippen molar-refractivity contribution in [3.05, 3.63) is 59.7 Å². The van der Waals surface area contributed by atoms with E-state index >= 15 is 0 Å². The van der Waals surface area contributed by atoms with Crippen molar-refractivity contribution < 1.29 is 19.4 Å². The number of unbranched alkanes of at least 4 members (excludes halogenated alkanes) is 1. The summed E-state index contributed by atoms with van der Waals surface area (Å²) in [4.78, 5) is 33.5. The molecule has 2 aromatic carbocycles. The SMILES string of the molecule is CCCCOC(=O)c1c(N)n(-c2cccc(C(=O)O)c2)c2nc3ccccc3nc12. The molecule has 0 aliphatic heterocycles. The molecule has 8 heteroatoms. The van der Waals surface area contributed by atoms with Gasteiger partial charge in [0.15, 0.2) is 5.65 Å². The van der Waals surface area contributed by atoms with Gasteiger partial charge in [0.2, 0.25) is 0 Å². The Kier molecular flexibility index (Phi) is 5.05. The molecular weight excluding hydrogens is 384 g/mol. The van der Waals surface area contributed by atoms with Gasteiger partial charge >= 0.3 is 11.9 Å². The number of anilines is 1. The largest absolute Gasteiger partial charge is 0.478 e. The normalized spacial score (nSPS) is 11.1. The summed E-state index contributed by atoms with van der Waals surface area (Å²) in [5.41, 5.74) is 8.98. The standard InChI is InChI=1S/C22H20N4O4/c1-2-3-11-30-22(29)17-18-20(25-16-10-5-4-9-15(16)24-18)26(19(17)23)14-8-6-7-13(12-14)21(27)28/h4-10,12H,2-3,11,23H2,1H3,(H,27,28). The number of benzene rings is 2. The Hall–Kier alpha value is -3.94. The first-order valence-corrected chi connectivity index (χ1v) is 9.58. The summed E-state index contributed by atoms with van der Waals surface area (Å²) in [6.45, 7) is 2.28. The van der Waals surface area contributed by atoms with Gasteiger partial charge in [0.25, 0.3) is 0 Å². The van der Waals surface area contributed by atoms with Crippen LogP contribution < -0.4 is 5.73 Å². The Balaban J connectivity index is 1.98. The van der Waals surface area contributed by atoms with E-state index in [1.807, 2.05) is 25.1 Å². The molecular formula is C22H20N4O4. The number of aromatic nitrogens is 3. The number of ether oxygens (including phenoxy) is 1. The zero-order chi connectivity index (χ0) is 21.3. The molecule has 0 saturated carbocycles. The minimum absolute atomic E-state index is 0.0922. The minimum Gasteiger partial charge on any atom is -0.478 e. The van der Waals surface area contributed by atoms with E-state index in [4.69, 9.17) is 10.5 Å². The van der Waals surface area contributed by atoms with Gasteiger partial charge in [0, 0.05) is 5.69 Å². The van der Waals surface area contributed by atoms with Crippen molar-refractivity contribution in [2.45, 2.75) is 19.8 Å². The molecule has 0 fully saturated rings. The smallest absolute Gasteiger partial charge is 0.344 e. The van der Waals surface area contributed by atoms with E-state index in [1.54, 1.807) is 18.2 Å². The number of esters is 1. The Morgan fingerprint density at radius 3 is 2.53 bits per heavy atom. The van der Waals surface area contributed by atoms with Crippen LogP contribution in [0.1, 0.15) is 40.5 Å². The number of nitrogens with zero attached hydrogens (tertiary/aromatic N) is 3. The van der Waals surface area contributed by atoms with Crippen molar-refractivity contribution in [3.63, 3.8) is 0 Å². The van der Waals surface area contributed by atoms with E-state index < -0.39 is 11.9 Å². The van der Waals surface area contributed by atoms with Gasteiger partial charge in [-0.3, -0.25) is 4.57 Å². The van der Waals surface area contributed by atoms with Crippen molar-refractivity contribution in [2.75, 3.05) is 12.3 Å². The van der Waals surface area contributed by atoms with E-state index in [9.17, 15) is 14.7 Å². The second-order valence-corrected chi connectivity index (χ2v) is 6.83. The van der Waals surface area contributed by atoms with Gasteiger partial charge in [-0.05, 0) is 36.8 Å². The van der Waals surface area contributed by atoms with E-state index in [1.165, 1.54) is 16.7 Å². The Morgan fingerprint density at radius 2 is 1.83 bits per heavy atom. The van der Waals surface area contributed by atoms with Crippen LogP contribution in [0, 0.1) is 0 Å². The number of para-hydroxylation sites is 2. The molecule has 152 valence electrons. The van der Waals surface area contributed by atoms with E-state index in [2.05, 4.69) is 9.97 Å². The van der Waals surface area contributed by atoms with Crippen molar-refractivity contribution in [2.24, 2.45) is 0 Å². The molecule has 0 atom stereocenters. The van der Waals surface area contributed by atoms with Gasteiger partial charge < -0.3 is 15.6 Å². The van der Waals surface area contributed by atoms with E-state index in [0.717, 1.165) is 12.8 Å². The third-order valence-corrected chi connectivity index (χ3v) is 4.78. The number of fused-ring (bicyclic) bond motifs is 2. The number of nitrogen functional groups attached to an aromatic ring is 1. The Morgan fingerprint density at radius 1 is 1.10 bits per heavy atom. The molecule has 4 rings (SSSR count). The molecule has 0 bridgehead atoms. The van der Waals surface area contributed by atoms with Crippen LogP contribution in [0.25, 0.3) is 27.9 Å². The molecule has 2 aromatic heterocycles. The zero-order valence-corrected chi connectivity index (χ0v) is 16.3. The summed E-state index contributed by atoms with van der Waals surface area (Å²) < 4.78 is 6.93. The van der Waals surface area contributed by atoms with Gasteiger partial charge in [0.1, 0.15) is 16.9 Å². The molecule has 2 heterocycles. The summed E-state index contributed by atoms with van der Waals surface area (Å²) in [6, 6.07) is 13.5. The molecule has 8 nitrogen and oxygen atoms in total. The molecule has 0 saturated heterocycles. The highest BCUT2D eigenvalue weighted by atomic mass is 16.5. The second kappa shape index (κ2) is 7.82. The lowest BCUT2D eigenvalue weighted by Crippen LogP contribution is -2.10. The molecule has 3 N–H and O–H groups in total.